The summed E-state index contributed by atoms with van der Waals surface area (Å²) >= 11 is 0. The van der Waals surface area contributed by atoms with Crippen LogP contribution in [0.25, 0.3) is 0 Å². The Morgan fingerprint density at radius 3 is 2.42 bits per heavy atom. The monoisotopic (exact) mass is 259 g/mol. The molecule has 0 radical (unpaired) electrons. The Hall–Kier alpha value is -2.16. The van der Waals surface area contributed by atoms with E-state index in [2.05, 4.69) is 11.9 Å². The van der Waals surface area contributed by atoms with E-state index < -0.39 is 0 Å². The molecule has 0 fully saturated rings. The number of hydrogen-bond acceptors (Lipinski definition) is 3. The van der Waals surface area contributed by atoms with Crippen LogP contribution in [0.4, 0.5) is 5.69 Å². The van der Waals surface area contributed by atoms with Crippen LogP contribution in [0.15, 0.2) is 66.2 Å². The van der Waals surface area contributed by atoms with Crippen LogP contribution in [0.1, 0.15) is 6.92 Å². The first-order valence-electron chi connectivity index (χ1n) is 6.12. The Morgan fingerprint density at radius 2 is 1.89 bits per heavy atom. The zero-order valence-corrected chi connectivity index (χ0v) is 11.8. The Balaban J connectivity index is 2.83. The first-order valence-corrected chi connectivity index (χ1v) is 6.12. The lowest BCUT2D eigenvalue weighted by Crippen LogP contribution is -2.06. The molecule has 0 aliphatic carbocycles. The van der Waals surface area contributed by atoms with Gasteiger partial charge in [-0.25, -0.2) is 0 Å². The van der Waals surface area contributed by atoms with Gasteiger partial charge in [-0.2, -0.15) is 0 Å². The highest BCUT2D eigenvalue weighted by Gasteiger charge is 2.03. The van der Waals surface area contributed by atoms with Gasteiger partial charge in [0, 0.05) is 23.9 Å². The molecule has 0 spiro atoms. The van der Waals surface area contributed by atoms with Crippen LogP contribution in [-0.2, 0) is 9.47 Å². The smallest absolute Gasteiger partial charge is 0.127 e. The molecule has 0 aliphatic heterocycles. The molecule has 19 heavy (non-hydrogen) atoms. The minimum Gasteiger partial charge on any atom is -0.501 e. The standard InChI is InChI=1S/C16H21NO2/c1-5-14(16(19-4)11-13(2)18-3)12-17-15-9-7-6-8-10-15/h5-11,17H,1,12H2,2-4H3/b13-11+,16-14-. The van der Waals surface area contributed by atoms with Crippen LogP contribution >= 0.6 is 0 Å². The first kappa shape index (κ1) is 14.9. The van der Waals surface area contributed by atoms with Gasteiger partial charge in [0.15, 0.2) is 0 Å². The normalized spacial score (nSPS) is 12.5. The first-order chi connectivity index (χ1) is 9.21. The number of hydrogen-bond donors (Lipinski definition) is 1. The van der Waals surface area contributed by atoms with E-state index in [4.69, 9.17) is 9.47 Å². The molecule has 3 nitrogen and oxygen atoms in total. The largest absolute Gasteiger partial charge is 0.501 e. The predicted octanol–water partition coefficient (Wildman–Crippen LogP) is 3.74. The average molecular weight is 259 g/mol. The maximum absolute atomic E-state index is 5.38. The number of nitrogens with one attached hydrogen (secondary N) is 1. The van der Waals surface area contributed by atoms with E-state index in [0.29, 0.717) is 6.54 Å². The topological polar surface area (TPSA) is 30.5 Å². The van der Waals surface area contributed by atoms with Crippen molar-refractivity contribution in [3.63, 3.8) is 0 Å². The molecule has 102 valence electrons. The number of rotatable bonds is 7. The summed E-state index contributed by atoms with van der Waals surface area (Å²) in [5.74, 6) is 1.54. The molecular formula is C16H21NO2. The van der Waals surface area contributed by atoms with E-state index in [0.717, 1.165) is 22.8 Å². The van der Waals surface area contributed by atoms with Crippen molar-refractivity contribution >= 4 is 5.69 Å². The quantitative estimate of drug-likeness (QED) is 0.598. The number of para-hydroxylation sites is 1. The molecule has 1 aromatic carbocycles. The molecule has 0 aliphatic rings. The Bertz CT molecular complexity index is 461. The third-order valence-corrected chi connectivity index (χ3v) is 2.70. The van der Waals surface area contributed by atoms with Crippen molar-refractivity contribution in [2.45, 2.75) is 6.92 Å². The van der Waals surface area contributed by atoms with Crippen LogP contribution in [0.5, 0.6) is 0 Å². The number of methoxy groups -OCH3 is 2. The van der Waals surface area contributed by atoms with Crippen molar-refractivity contribution in [1.82, 2.24) is 0 Å². The lowest BCUT2D eigenvalue weighted by Gasteiger charge is -2.11. The third-order valence-electron chi connectivity index (χ3n) is 2.70. The Labute approximate surface area is 115 Å². The van der Waals surface area contributed by atoms with Gasteiger partial charge < -0.3 is 14.8 Å². The lowest BCUT2D eigenvalue weighted by molar-refractivity contribution is 0.275. The molecule has 1 rings (SSSR count). The SMILES string of the molecule is C=C/C(CNc1ccccc1)=C(\C=C(/C)OC)OC. The molecule has 0 saturated heterocycles. The van der Waals surface area contributed by atoms with Crippen LogP contribution < -0.4 is 5.32 Å². The van der Waals surface area contributed by atoms with Crippen molar-refractivity contribution < 1.29 is 9.47 Å². The van der Waals surface area contributed by atoms with Crippen LogP contribution in [0.3, 0.4) is 0 Å². The minimum atomic E-state index is 0.643. The second-order valence-corrected chi connectivity index (χ2v) is 3.98. The van der Waals surface area contributed by atoms with Crippen LogP contribution in [0.2, 0.25) is 0 Å². The summed E-state index contributed by atoms with van der Waals surface area (Å²) in [5, 5.41) is 3.32. The van der Waals surface area contributed by atoms with Gasteiger partial charge in [-0.1, -0.05) is 30.9 Å². The van der Waals surface area contributed by atoms with E-state index in [9.17, 15) is 0 Å². The highest BCUT2D eigenvalue weighted by Crippen LogP contribution is 2.13. The molecule has 0 amide bonds. The fraction of sp³-hybridized carbons (Fsp3) is 0.250. The Morgan fingerprint density at radius 1 is 1.21 bits per heavy atom. The Kier molecular flexibility index (Phi) is 6.30. The van der Waals surface area contributed by atoms with Crippen molar-refractivity contribution in [1.29, 1.82) is 0 Å². The highest BCUT2D eigenvalue weighted by atomic mass is 16.5. The fourth-order valence-corrected chi connectivity index (χ4v) is 1.54. The zero-order valence-electron chi connectivity index (χ0n) is 11.8. The van der Waals surface area contributed by atoms with Crippen molar-refractivity contribution in [3.8, 4) is 0 Å². The number of anilines is 1. The van der Waals surface area contributed by atoms with Gasteiger partial charge in [0.05, 0.1) is 20.0 Å². The summed E-state index contributed by atoms with van der Waals surface area (Å²) in [6, 6.07) is 10.0. The zero-order chi connectivity index (χ0) is 14.1. The molecule has 0 atom stereocenters. The van der Waals surface area contributed by atoms with E-state index in [1.165, 1.54) is 0 Å². The van der Waals surface area contributed by atoms with Crippen molar-refractivity contribution in [3.05, 3.63) is 66.2 Å². The summed E-state index contributed by atoms with van der Waals surface area (Å²) in [6.07, 6.45) is 3.64. The van der Waals surface area contributed by atoms with Gasteiger partial charge >= 0.3 is 0 Å². The molecule has 1 aromatic rings. The number of benzene rings is 1. The van der Waals surface area contributed by atoms with Crippen molar-refractivity contribution in [2.24, 2.45) is 0 Å². The summed E-state index contributed by atoms with van der Waals surface area (Å²) < 4.78 is 10.5. The highest BCUT2D eigenvalue weighted by molar-refractivity contribution is 5.45. The molecule has 0 aromatic heterocycles. The molecule has 1 N–H and O–H groups in total. The molecule has 0 heterocycles. The van der Waals surface area contributed by atoms with Gasteiger partial charge in [0.1, 0.15) is 5.76 Å². The lowest BCUT2D eigenvalue weighted by atomic mass is 10.2. The van der Waals surface area contributed by atoms with Crippen LogP contribution in [0, 0.1) is 0 Å². The summed E-state index contributed by atoms with van der Waals surface area (Å²) in [4.78, 5) is 0. The molecule has 0 saturated carbocycles. The van der Waals surface area contributed by atoms with E-state index in [1.807, 2.05) is 43.3 Å². The predicted molar refractivity (Wildman–Crippen MR) is 79.9 cm³/mol. The van der Waals surface area contributed by atoms with E-state index in [1.54, 1.807) is 20.3 Å². The van der Waals surface area contributed by atoms with E-state index in [-0.39, 0.29) is 0 Å². The van der Waals surface area contributed by atoms with Gasteiger partial charge in [0.2, 0.25) is 0 Å². The minimum absolute atomic E-state index is 0.643. The maximum atomic E-state index is 5.38. The number of ether oxygens (including phenoxy) is 2. The maximum Gasteiger partial charge on any atom is 0.127 e. The molecule has 3 heteroatoms. The third kappa shape index (κ3) is 4.92. The van der Waals surface area contributed by atoms with Crippen LogP contribution in [-0.4, -0.2) is 20.8 Å². The van der Waals surface area contributed by atoms with Gasteiger partial charge in [-0.15, -0.1) is 0 Å². The summed E-state index contributed by atoms with van der Waals surface area (Å²) in [5.41, 5.74) is 2.03. The van der Waals surface area contributed by atoms with Gasteiger partial charge in [-0.05, 0) is 19.1 Å². The summed E-state index contributed by atoms with van der Waals surface area (Å²) in [7, 11) is 3.27. The summed E-state index contributed by atoms with van der Waals surface area (Å²) in [6.45, 7) is 6.35. The van der Waals surface area contributed by atoms with Gasteiger partial charge in [0.25, 0.3) is 0 Å². The second kappa shape index (κ2) is 8.03. The van der Waals surface area contributed by atoms with E-state index >= 15 is 0 Å². The average Bonchev–Trinajstić information content (AvgIpc) is 2.47. The number of allylic oxidation sites excluding steroid dienone is 2. The van der Waals surface area contributed by atoms with Crippen molar-refractivity contribution in [2.75, 3.05) is 26.1 Å². The molecule has 0 bridgehead atoms. The molecule has 0 unspecified atom stereocenters. The fourth-order valence-electron chi connectivity index (χ4n) is 1.54. The second-order valence-electron chi connectivity index (χ2n) is 3.98. The molecular weight excluding hydrogens is 238 g/mol. The van der Waals surface area contributed by atoms with Gasteiger partial charge in [-0.3, -0.25) is 0 Å².